The van der Waals surface area contributed by atoms with Gasteiger partial charge in [0.1, 0.15) is 12.4 Å². The van der Waals surface area contributed by atoms with Crippen LogP contribution in [0.2, 0.25) is 0 Å². The van der Waals surface area contributed by atoms with E-state index < -0.39 is 21.0 Å². The molecule has 0 fully saturated rings. The summed E-state index contributed by atoms with van der Waals surface area (Å²) in [4.78, 5) is 43.4. The molecule has 9 nitrogen and oxygen atoms in total. The van der Waals surface area contributed by atoms with E-state index in [1.165, 1.54) is 24.3 Å². The van der Waals surface area contributed by atoms with Crippen LogP contribution in [0.25, 0.3) is 22.2 Å². The highest BCUT2D eigenvalue weighted by atomic mass is 32.2. The lowest BCUT2D eigenvalue weighted by Crippen LogP contribution is -2.32. The Kier molecular flexibility index (Phi) is 5.52. The SMILES string of the molecule is CS(=O)(=O)c1ccc(C(=O)N2CCOc3ccc(-c4ccc5[nH]c(=O)c(=O)[nH]c5c4)cc3C2)cc1. The summed E-state index contributed by atoms with van der Waals surface area (Å²) in [5.74, 6) is 0.453. The van der Waals surface area contributed by atoms with Gasteiger partial charge >= 0.3 is 11.1 Å². The fraction of sp³-hybridized carbons (Fsp3) is 0.160. The molecule has 178 valence electrons. The normalized spacial score (nSPS) is 13.7. The van der Waals surface area contributed by atoms with Gasteiger partial charge in [0, 0.05) is 23.9 Å². The Morgan fingerprint density at radius 2 is 1.54 bits per heavy atom. The van der Waals surface area contributed by atoms with E-state index in [0.717, 1.165) is 22.9 Å². The number of hydrogen-bond donors (Lipinski definition) is 2. The second-order valence-electron chi connectivity index (χ2n) is 8.36. The minimum atomic E-state index is -3.35. The number of sulfone groups is 1. The van der Waals surface area contributed by atoms with Crippen LogP contribution in [0, 0.1) is 0 Å². The van der Waals surface area contributed by atoms with Gasteiger partial charge in [0.2, 0.25) is 0 Å². The summed E-state index contributed by atoms with van der Waals surface area (Å²) in [7, 11) is -3.35. The van der Waals surface area contributed by atoms with Crippen molar-refractivity contribution in [1.29, 1.82) is 0 Å². The molecule has 0 radical (unpaired) electrons. The Balaban J connectivity index is 1.45. The number of nitrogens with zero attached hydrogens (tertiary/aromatic N) is 1. The van der Waals surface area contributed by atoms with Crippen LogP contribution in [-0.2, 0) is 16.4 Å². The first-order valence-corrected chi connectivity index (χ1v) is 12.7. The second-order valence-corrected chi connectivity index (χ2v) is 10.4. The molecule has 0 spiro atoms. The van der Waals surface area contributed by atoms with Crippen LogP contribution in [0.1, 0.15) is 15.9 Å². The van der Waals surface area contributed by atoms with Gasteiger partial charge in [-0.25, -0.2) is 8.42 Å². The Bertz CT molecular complexity index is 1690. The zero-order valence-electron chi connectivity index (χ0n) is 18.7. The molecule has 1 aliphatic heterocycles. The first-order valence-electron chi connectivity index (χ1n) is 10.8. The van der Waals surface area contributed by atoms with Crippen LogP contribution in [0.3, 0.4) is 0 Å². The third-order valence-corrected chi connectivity index (χ3v) is 7.04. The lowest BCUT2D eigenvalue weighted by molar-refractivity contribution is 0.0733. The standard InChI is InChI=1S/C25H21N3O6S/c1-35(32,33)19-6-2-15(3-7-19)25(31)28-10-11-34-22-9-5-16(12-18(22)14-28)17-4-8-20-21(13-17)27-24(30)23(29)26-20/h2-9,12-13H,10-11,14H2,1H3,(H,26,29)(H,27,30). The number of carbonyl (C=O) groups is 1. The van der Waals surface area contributed by atoms with Gasteiger partial charge in [0.25, 0.3) is 5.91 Å². The highest BCUT2D eigenvalue weighted by Gasteiger charge is 2.22. The van der Waals surface area contributed by atoms with Crippen molar-refractivity contribution in [2.45, 2.75) is 11.4 Å². The molecule has 2 heterocycles. The van der Waals surface area contributed by atoms with Crippen molar-refractivity contribution >= 4 is 26.8 Å². The molecule has 1 aliphatic rings. The van der Waals surface area contributed by atoms with Crippen molar-refractivity contribution in [1.82, 2.24) is 14.9 Å². The molecular weight excluding hydrogens is 470 g/mol. The lowest BCUT2D eigenvalue weighted by atomic mass is 10.0. The van der Waals surface area contributed by atoms with Crippen LogP contribution in [0.15, 0.2) is 75.1 Å². The highest BCUT2D eigenvalue weighted by molar-refractivity contribution is 7.90. The Morgan fingerprint density at radius 3 is 2.26 bits per heavy atom. The number of aromatic nitrogens is 2. The van der Waals surface area contributed by atoms with E-state index in [-0.39, 0.29) is 10.8 Å². The molecule has 4 aromatic rings. The van der Waals surface area contributed by atoms with Gasteiger partial charge in [-0.05, 0) is 59.7 Å². The van der Waals surface area contributed by atoms with E-state index in [0.29, 0.717) is 42.0 Å². The molecular formula is C25H21N3O6S. The molecule has 3 aromatic carbocycles. The summed E-state index contributed by atoms with van der Waals surface area (Å²) >= 11 is 0. The third kappa shape index (κ3) is 4.47. The van der Waals surface area contributed by atoms with Crippen LogP contribution in [-0.4, -0.2) is 48.6 Å². The van der Waals surface area contributed by atoms with Gasteiger partial charge in [-0.2, -0.15) is 0 Å². The van der Waals surface area contributed by atoms with Gasteiger partial charge in [0.15, 0.2) is 9.84 Å². The molecule has 35 heavy (non-hydrogen) atoms. The van der Waals surface area contributed by atoms with Crippen LogP contribution >= 0.6 is 0 Å². The number of rotatable bonds is 3. The number of H-pyrrole nitrogens is 2. The maximum atomic E-state index is 13.1. The number of fused-ring (bicyclic) bond motifs is 2. The Hall–Kier alpha value is -4.18. The van der Waals surface area contributed by atoms with E-state index in [1.54, 1.807) is 17.0 Å². The molecule has 0 bridgehead atoms. The summed E-state index contributed by atoms with van der Waals surface area (Å²) in [6, 6.07) is 16.9. The highest BCUT2D eigenvalue weighted by Crippen LogP contribution is 2.30. The van der Waals surface area contributed by atoms with Gasteiger partial charge in [-0.15, -0.1) is 0 Å². The average Bonchev–Trinajstić information content (AvgIpc) is 3.05. The minimum Gasteiger partial charge on any atom is -0.491 e. The van der Waals surface area contributed by atoms with Crippen LogP contribution < -0.4 is 15.9 Å². The maximum Gasteiger partial charge on any atom is 0.314 e. The number of aromatic amines is 2. The second kappa shape index (κ2) is 8.55. The van der Waals surface area contributed by atoms with Gasteiger partial charge in [0.05, 0.1) is 22.5 Å². The zero-order chi connectivity index (χ0) is 24.7. The van der Waals surface area contributed by atoms with E-state index in [9.17, 15) is 22.8 Å². The largest absolute Gasteiger partial charge is 0.491 e. The predicted octanol–water partition coefficient (Wildman–Crippen LogP) is 2.32. The smallest absolute Gasteiger partial charge is 0.314 e. The minimum absolute atomic E-state index is 0.157. The first-order chi connectivity index (χ1) is 16.7. The fourth-order valence-electron chi connectivity index (χ4n) is 4.07. The Morgan fingerprint density at radius 1 is 0.886 bits per heavy atom. The summed E-state index contributed by atoms with van der Waals surface area (Å²) < 4.78 is 29.3. The first kappa shape index (κ1) is 22.6. The Labute approximate surface area is 199 Å². The van der Waals surface area contributed by atoms with Crippen molar-refractivity contribution in [3.8, 4) is 16.9 Å². The average molecular weight is 492 g/mol. The number of benzene rings is 3. The molecule has 1 aromatic heterocycles. The van der Waals surface area contributed by atoms with Crippen molar-refractivity contribution in [2.24, 2.45) is 0 Å². The molecule has 0 saturated carbocycles. The topological polar surface area (TPSA) is 129 Å². The molecule has 0 saturated heterocycles. The molecule has 10 heteroatoms. The molecule has 0 atom stereocenters. The third-order valence-electron chi connectivity index (χ3n) is 5.91. The van der Waals surface area contributed by atoms with E-state index >= 15 is 0 Å². The van der Waals surface area contributed by atoms with Gasteiger partial charge < -0.3 is 19.6 Å². The summed E-state index contributed by atoms with van der Waals surface area (Å²) in [6.07, 6.45) is 1.12. The number of ether oxygens (including phenoxy) is 1. The van der Waals surface area contributed by atoms with Crippen LogP contribution in [0.5, 0.6) is 5.75 Å². The van der Waals surface area contributed by atoms with E-state index in [1.807, 2.05) is 24.3 Å². The van der Waals surface area contributed by atoms with Gasteiger partial charge in [-0.3, -0.25) is 14.4 Å². The molecule has 1 amide bonds. The molecule has 0 aliphatic carbocycles. The quantitative estimate of drug-likeness (QED) is 0.423. The number of nitrogens with one attached hydrogen (secondary N) is 2. The van der Waals surface area contributed by atoms with E-state index in [4.69, 9.17) is 4.74 Å². The van der Waals surface area contributed by atoms with Crippen molar-refractivity contribution < 1.29 is 17.9 Å². The van der Waals surface area contributed by atoms with Crippen LogP contribution in [0.4, 0.5) is 0 Å². The number of hydrogen-bond acceptors (Lipinski definition) is 6. The lowest BCUT2D eigenvalue weighted by Gasteiger charge is -2.20. The summed E-state index contributed by atoms with van der Waals surface area (Å²) in [6.45, 7) is 1.01. The van der Waals surface area contributed by atoms with Gasteiger partial charge in [-0.1, -0.05) is 12.1 Å². The zero-order valence-corrected chi connectivity index (χ0v) is 19.5. The summed E-state index contributed by atoms with van der Waals surface area (Å²) in [5.41, 5.74) is 2.49. The molecule has 5 rings (SSSR count). The number of amides is 1. The number of carbonyl (C=O) groups excluding carboxylic acids is 1. The van der Waals surface area contributed by atoms with Crippen molar-refractivity contribution in [3.05, 3.63) is 92.5 Å². The van der Waals surface area contributed by atoms with Crippen molar-refractivity contribution in [3.63, 3.8) is 0 Å². The maximum absolute atomic E-state index is 13.1. The molecule has 2 N–H and O–H groups in total. The predicted molar refractivity (Wildman–Crippen MR) is 130 cm³/mol. The van der Waals surface area contributed by atoms with Crippen molar-refractivity contribution in [2.75, 3.05) is 19.4 Å². The van der Waals surface area contributed by atoms with E-state index in [2.05, 4.69) is 9.97 Å². The monoisotopic (exact) mass is 491 g/mol. The molecule has 0 unspecified atom stereocenters. The fourth-order valence-corrected chi connectivity index (χ4v) is 4.70. The summed E-state index contributed by atoms with van der Waals surface area (Å²) in [5, 5.41) is 0.